The molecule has 3 rings (SSSR count). The molecule has 0 spiro atoms. The van der Waals surface area contributed by atoms with Crippen LogP contribution in [0.5, 0.6) is 0 Å². The van der Waals surface area contributed by atoms with Gasteiger partial charge in [0.25, 0.3) is 10.0 Å². The van der Waals surface area contributed by atoms with Crippen molar-refractivity contribution in [3.63, 3.8) is 0 Å². The summed E-state index contributed by atoms with van der Waals surface area (Å²) in [6.07, 6.45) is 3.90. The van der Waals surface area contributed by atoms with Crippen LogP contribution >= 0.6 is 22.9 Å². The van der Waals surface area contributed by atoms with Crippen molar-refractivity contribution in [3.05, 3.63) is 34.3 Å². The van der Waals surface area contributed by atoms with Crippen LogP contribution in [0.25, 0.3) is 0 Å². The van der Waals surface area contributed by atoms with Gasteiger partial charge in [-0.25, -0.2) is 17.8 Å². The SMILES string of the molecule is CN[C@@H]1CCN(CCCCNc2cc(F)c(S(=O)(=O)Nc3ncc(F)s3)cc2Cl)C1. The molecule has 3 N–H and O–H groups in total. The highest BCUT2D eigenvalue weighted by molar-refractivity contribution is 7.93. The number of halogens is 3. The van der Waals surface area contributed by atoms with Crippen LogP contribution in [0.3, 0.4) is 0 Å². The van der Waals surface area contributed by atoms with Crippen LogP contribution in [0.15, 0.2) is 23.2 Å². The van der Waals surface area contributed by atoms with Gasteiger partial charge >= 0.3 is 0 Å². The minimum Gasteiger partial charge on any atom is -0.384 e. The van der Waals surface area contributed by atoms with E-state index in [1.165, 1.54) is 0 Å². The number of hydrogen-bond acceptors (Lipinski definition) is 7. The van der Waals surface area contributed by atoms with Crippen molar-refractivity contribution in [2.75, 3.05) is 43.3 Å². The van der Waals surface area contributed by atoms with Gasteiger partial charge in [0.15, 0.2) is 10.3 Å². The molecule has 166 valence electrons. The molecule has 12 heteroatoms. The molecule has 0 radical (unpaired) electrons. The Hall–Kier alpha value is -1.53. The van der Waals surface area contributed by atoms with E-state index >= 15 is 0 Å². The second-order valence-electron chi connectivity index (χ2n) is 7.05. The average molecular weight is 480 g/mol. The Labute approximate surface area is 183 Å². The number of benzene rings is 1. The number of nitrogens with zero attached hydrogens (tertiary/aromatic N) is 2. The van der Waals surface area contributed by atoms with Crippen molar-refractivity contribution in [3.8, 4) is 0 Å². The second-order valence-corrected chi connectivity index (χ2v) is 10.1. The molecule has 30 heavy (non-hydrogen) atoms. The smallest absolute Gasteiger partial charge is 0.266 e. The van der Waals surface area contributed by atoms with Crippen LogP contribution in [0.2, 0.25) is 5.02 Å². The molecule has 7 nitrogen and oxygen atoms in total. The maximum atomic E-state index is 14.5. The summed E-state index contributed by atoms with van der Waals surface area (Å²) >= 11 is 6.66. The molecular weight excluding hydrogens is 456 g/mol. The van der Waals surface area contributed by atoms with E-state index in [0.717, 1.165) is 57.2 Å². The fourth-order valence-corrected chi connectivity index (χ4v) is 5.46. The van der Waals surface area contributed by atoms with Gasteiger partial charge in [0.1, 0.15) is 10.7 Å². The lowest BCUT2D eigenvalue weighted by Crippen LogP contribution is -2.30. The largest absolute Gasteiger partial charge is 0.384 e. The number of thiazole rings is 1. The summed E-state index contributed by atoms with van der Waals surface area (Å²) in [5.41, 5.74) is 0.324. The Balaban J connectivity index is 1.53. The van der Waals surface area contributed by atoms with Crippen molar-refractivity contribution >= 4 is 43.8 Å². The first kappa shape index (κ1) is 23.1. The van der Waals surface area contributed by atoms with Gasteiger partial charge in [0, 0.05) is 19.1 Å². The molecule has 0 bridgehead atoms. The molecule has 0 aliphatic carbocycles. The third-order valence-corrected chi connectivity index (χ3v) is 7.40. The standard InChI is InChI=1S/C18H24ClF2N5O2S2/c1-22-12-4-7-26(11-12)6-3-2-5-23-15-9-14(20)16(8-13(15)19)30(27,28)25-18-24-10-17(21)29-18/h8-10,12,22-23H,2-7,11H2,1H3,(H,24,25)/t12-/m1/s1. The number of anilines is 2. The third-order valence-electron chi connectivity index (χ3n) is 4.91. The quantitative estimate of drug-likeness (QED) is 0.453. The van der Waals surface area contributed by atoms with Crippen molar-refractivity contribution < 1.29 is 17.2 Å². The van der Waals surface area contributed by atoms with E-state index in [1.54, 1.807) is 0 Å². The van der Waals surface area contributed by atoms with E-state index < -0.39 is 25.9 Å². The molecule has 2 heterocycles. The number of aromatic nitrogens is 1. The Morgan fingerprint density at radius 2 is 2.13 bits per heavy atom. The summed E-state index contributed by atoms with van der Waals surface area (Å²) in [7, 11) is -2.30. The molecule has 1 saturated heterocycles. The highest BCUT2D eigenvalue weighted by Gasteiger charge is 2.23. The number of hydrogen-bond donors (Lipinski definition) is 3. The number of likely N-dealkylation sites (N-methyl/N-ethyl adjacent to an activating group) is 1. The zero-order valence-corrected chi connectivity index (χ0v) is 18.8. The molecule has 0 saturated carbocycles. The van der Waals surface area contributed by atoms with Crippen LogP contribution < -0.4 is 15.4 Å². The second kappa shape index (κ2) is 10.2. The van der Waals surface area contributed by atoms with Crippen molar-refractivity contribution in [2.24, 2.45) is 0 Å². The molecular formula is C18H24ClF2N5O2S2. The summed E-state index contributed by atoms with van der Waals surface area (Å²) in [5, 5.41) is 5.58. The van der Waals surface area contributed by atoms with Crippen LogP contribution in [-0.4, -0.2) is 57.6 Å². The Morgan fingerprint density at radius 1 is 1.33 bits per heavy atom. The van der Waals surface area contributed by atoms with Crippen LogP contribution in [0.4, 0.5) is 19.6 Å². The van der Waals surface area contributed by atoms with Gasteiger partial charge < -0.3 is 15.5 Å². The molecule has 1 aromatic heterocycles. The van der Waals surface area contributed by atoms with Crippen LogP contribution in [-0.2, 0) is 10.0 Å². The van der Waals surface area contributed by atoms with E-state index in [-0.39, 0.29) is 10.2 Å². The fraction of sp³-hybridized carbons (Fsp3) is 0.500. The van der Waals surface area contributed by atoms with Gasteiger partial charge in [-0.3, -0.25) is 4.72 Å². The van der Waals surface area contributed by atoms with E-state index in [2.05, 4.69) is 20.5 Å². The molecule has 1 aliphatic heterocycles. The maximum Gasteiger partial charge on any atom is 0.266 e. The first-order chi connectivity index (χ1) is 14.3. The Bertz CT molecular complexity index is 973. The summed E-state index contributed by atoms with van der Waals surface area (Å²) in [6.45, 7) is 3.74. The van der Waals surface area contributed by atoms with E-state index in [4.69, 9.17) is 11.6 Å². The molecule has 1 aliphatic rings. The molecule has 0 unspecified atom stereocenters. The first-order valence-corrected chi connectivity index (χ1v) is 12.2. The number of unbranched alkanes of at least 4 members (excludes halogenated alkanes) is 1. The monoisotopic (exact) mass is 479 g/mol. The fourth-order valence-electron chi connectivity index (χ4n) is 3.30. The van der Waals surface area contributed by atoms with Crippen molar-refractivity contribution in [2.45, 2.75) is 30.2 Å². The van der Waals surface area contributed by atoms with Gasteiger partial charge in [0.2, 0.25) is 0 Å². The summed E-state index contributed by atoms with van der Waals surface area (Å²) in [6, 6.07) is 2.65. The Morgan fingerprint density at radius 3 is 2.80 bits per heavy atom. The van der Waals surface area contributed by atoms with Crippen LogP contribution in [0, 0.1) is 10.9 Å². The number of rotatable bonds is 10. The summed E-state index contributed by atoms with van der Waals surface area (Å²) in [4.78, 5) is 5.36. The predicted octanol–water partition coefficient (Wildman–Crippen LogP) is 3.36. The normalized spacial score (nSPS) is 17.4. The molecule has 2 aromatic rings. The van der Waals surface area contributed by atoms with Crippen molar-refractivity contribution in [1.29, 1.82) is 0 Å². The third kappa shape index (κ3) is 6.01. The van der Waals surface area contributed by atoms with Gasteiger partial charge in [-0.1, -0.05) is 22.9 Å². The molecule has 1 aromatic carbocycles. The molecule has 1 atom stereocenters. The topological polar surface area (TPSA) is 86.4 Å². The average Bonchev–Trinajstić information content (AvgIpc) is 3.32. The van der Waals surface area contributed by atoms with Gasteiger partial charge in [0.05, 0.1) is 16.9 Å². The maximum absolute atomic E-state index is 14.5. The number of likely N-dealkylation sites (tertiary alicyclic amines) is 1. The highest BCUT2D eigenvalue weighted by Crippen LogP contribution is 2.30. The molecule has 0 amide bonds. The lowest BCUT2D eigenvalue weighted by atomic mass is 10.2. The van der Waals surface area contributed by atoms with E-state index in [9.17, 15) is 17.2 Å². The minimum atomic E-state index is -4.28. The van der Waals surface area contributed by atoms with Gasteiger partial charge in [-0.15, -0.1) is 0 Å². The minimum absolute atomic E-state index is 0.0819. The lowest BCUT2D eigenvalue weighted by Gasteiger charge is -2.16. The van der Waals surface area contributed by atoms with E-state index in [1.807, 2.05) is 11.8 Å². The molecule has 1 fully saturated rings. The lowest BCUT2D eigenvalue weighted by molar-refractivity contribution is 0.323. The number of sulfonamides is 1. The van der Waals surface area contributed by atoms with Gasteiger partial charge in [-0.05, 0) is 51.5 Å². The first-order valence-electron chi connectivity index (χ1n) is 9.55. The van der Waals surface area contributed by atoms with Gasteiger partial charge in [-0.2, -0.15) is 4.39 Å². The van der Waals surface area contributed by atoms with Crippen LogP contribution in [0.1, 0.15) is 19.3 Å². The highest BCUT2D eigenvalue weighted by atomic mass is 35.5. The Kier molecular flexibility index (Phi) is 7.86. The number of nitrogens with one attached hydrogen (secondary N) is 3. The summed E-state index contributed by atoms with van der Waals surface area (Å²) < 4.78 is 54.3. The zero-order valence-electron chi connectivity index (χ0n) is 16.4. The predicted molar refractivity (Wildman–Crippen MR) is 116 cm³/mol. The van der Waals surface area contributed by atoms with E-state index in [0.29, 0.717) is 29.6 Å². The summed E-state index contributed by atoms with van der Waals surface area (Å²) in [5.74, 6) is -0.957. The van der Waals surface area contributed by atoms with Crippen molar-refractivity contribution in [1.82, 2.24) is 15.2 Å². The zero-order chi connectivity index (χ0) is 21.7.